The summed E-state index contributed by atoms with van der Waals surface area (Å²) in [6.45, 7) is 0. The van der Waals surface area contributed by atoms with Crippen molar-refractivity contribution in [3.05, 3.63) is 91.0 Å². The monoisotopic (exact) mass is 357 g/mol. The van der Waals surface area contributed by atoms with Crippen molar-refractivity contribution in [3.8, 4) is 17.4 Å². The topological polar surface area (TPSA) is 81.9 Å². The summed E-state index contributed by atoms with van der Waals surface area (Å²) in [6.07, 6.45) is 6.62. The van der Waals surface area contributed by atoms with Gasteiger partial charge < -0.3 is 10.1 Å². The molecule has 0 unspecified atom stereocenters. The molecular weight excluding hydrogens is 342 g/mol. The number of rotatable bonds is 5. The first kappa shape index (κ1) is 16.5. The number of carbonyl (C=O) groups excluding carboxylic acids is 1. The lowest BCUT2D eigenvalue weighted by Crippen LogP contribution is -2.14. The van der Waals surface area contributed by atoms with Gasteiger partial charge in [0.25, 0.3) is 5.91 Å². The van der Waals surface area contributed by atoms with Crippen LogP contribution in [0.4, 0.5) is 5.69 Å². The van der Waals surface area contributed by atoms with Crippen molar-refractivity contribution < 1.29 is 9.53 Å². The summed E-state index contributed by atoms with van der Waals surface area (Å²) in [5.41, 5.74) is 0.892. The van der Waals surface area contributed by atoms with Gasteiger partial charge in [-0.2, -0.15) is 5.10 Å². The van der Waals surface area contributed by atoms with E-state index in [1.54, 1.807) is 65.9 Å². The van der Waals surface area contributed by atoms with Gasteiger partial charge in [0, 0.05) is 18.6 Å². The Balaban J connectivity index is 1.52. The molecule has 0 spiro atoms. The number of hydrogen-bond acceptors (Lipinski definition) is 5. The number of aromatic nitrogens is 4. The van der Waals surface area contributed by atoms with Crippen molar-refractivity contribution in [1.29, 1.82) is 0 Å². The number of nitrogens with zero attached hydrogens (tertiary/aromatic N) is 4. The molecule has 0 saturated heterocycles. The molecule has 0 radical (unpaired) electrons. The third kappa shape index (κ3) is 3.82. The van der Waals surface area contributed by atoms with E-state index >= 15 is 0 Å². The summed E-state index contributed by atoms with van der Waals surface area (Å²) in [5.74, 6) is 1.17. The van der Waals surface area contributed by atoms with E-state index in [1.165, 1.54) is 0 Å². The SMILES string of the molecule is O=C(Nc1ccc(-n2cccn2)nc1)c1cccnc1Oc1ccccc1. The molecule has 1 aromatic carbocycles. The number of hydrogen-bond donors (Lipinski definition) is 1. The third-order valence-corrected chi connectivity index (χ3v) is 3.72. The molecule has 0 bridgehead atoms. The van der Waals surface area contributed by atoms with Crippen LogP contribution in [-0.4, -0.2) is 25.7 Å². The van der Waals surface area contributed by atoms with Gasteiger partial charge in [-0.1, -0.05) is 18.2 Å². The molecular formula is C20H15N5O2. The Hall–Kier alpha value is -4.00. The van der Waals surface area contributed by atoms with Gasteiger partial charge >= 0.3 is 0 Å². The van der Waals surface area contributed by atoms with Gasteiger partial charge in [-0.25, -0.2) is 14.6 Å². The van der Waals surface area contributed by atoms with Crippen molar-refractivity contribution in [2.75, 3.05) is 5.32 Å². The lowest BCUT2D eigenvalue weighted by atomic mass is 10.2. The van der Waals surface area contributed by atoms with Gasteiger partial charge in [0.05, 0.1) is 11.9 Å². The smallest absolute Gasteiger partial charge is 0.261 e. The molecule has 27 heavy (non-hydrogen) atoms. The fourth-order valence-electron chi connectivity index (χ4n) is 2.44. The molecule has 0 fully saturated rings. The Morgan fingerprint density at radius 1 is 0.926 bits per heavy atom. The Morgan fingerprint density at radius 3 is 2.56 bits per heavy atom. The van der Waals surface area contributed by atoms with Crippen LogP contribution in [0.5, 0.6) is 11.6 Å². The van der Waals surface area contributed by atoms with Gasteiger partial charge in [-0.05, 0) is 42.5 Å². The minimum Gasteiger partial charge on any atom is -0.438 e. The zero-order chi connectivity index (χ0) is 18.5. The summed E-state index contributed by atoms with van der Waals surface area (Å²) in [5, 5.41) is 6.92. The Kier molecular flexibility index (Phi) is 4.57. The van der Waals surface area contributed by atoms with Crippen molar-refractivity contribution in [3.63, 3.8) is 0 Å². The zero-order valence-corrected chi connectivity index (χ0v) is 14.2. The van der Waals surface area contributed by atoms with Crippen LogP contribution in [0.1, 0.15) is 10.4 Å². The molecule has 0 saturated carbocycles. The Bertz CT molecular complexity index is 1030. The van der Waals surface area contributed by atoms with Crippen molar-refractivity contribution >= 4 is 11.6 Å². The maximum absolute atomic E-state index is 12.7. The van der Waals surface area contributed by atoms with Crippen LogP contribution in [0.2, 0.25) is 0 Å². The van der Waals surface area contributed by atoms with Crippen molar-refractivity contribution in [2.45, 2.75) is 0 Å². The average molecular weight is 357 g/mol. The fourth-order valence-corrected chi connectivity index (χ4v) is 2.44. The summed E-state index contributed by atoms with van der Waals surface area (Å²) < 4.78 is 7.37. The van der Waals surface area contributed by atoms with Crippen molar-refractivity contribution in [1.82, 2.24) is 19.7 Å². The summed E-state index contributed by atoms with van der Waals surface area (Å²) in [4.78, 5) is 21.1. The molecule has 0 aliphatic heterocycles. The van der Waals surface area contributed by atoms with Crippen LogP contribution < -0.4 is 10.1 Å². The number of para-hydroxylation sites is 1. The molecule has 0 aliphatic rings. The van der Waals surface area contributed by atoms with Crippen LogP contribution in [0.25, 0.3) is 5.82 Å². The second-order valence-electron chi connectivity index (χ2n) is 5.58. The lowest BCUT2D eigenvalue weighted by Gasteiger charge is -2.10. The number of carbonyl (C=O) groups is 1. The standard InChI is InChI=1S/C20H15N5O2/c26-19(24-15-9-10-18(22-14-15)25-13-5-12-23-25)17-8-4-11-21-20(17)27-16-6-2-1-3-7-16/h1-14H,(H,24,26). The highest BCUT2D eigenvalue weighted by Crippen LogP contribution is 2.23. The molecule has 132 valence electrons. The Morgan fingerprint density at radius 2 is 1.81 bits per heavy atom. The number of amides is 1. The molecule has 1 N–H and O–H groups in total. The van der Waals surface area contributed by atoms with E-state index in [2.05, 4.69) is 20.4 Å². The molecule has 7 nitrogen and oxygen atoms in total. The summed E-state index contributed by atoms with van der Waals surface area (Å²) >= 11 is 0. The molecule has 4 aromatic rings. The maximum Gasteiger partial charge on any atom is 0.261 e. The molecule has 7 heteroatoms. The normalized spacial score (nSPS) is 10.4. The highest BCUT2D eigenvalue weighted by molar-refractivity contribution is 6.05. The number of pyridine rings is 2. The van der Waals surface area contributed by atoms with Gasteiger partial charge in [0.2, 0.25) is 5.88 Å². The van der Waals surface area contributed by atoms with Gasteiger partial charge in [0.1, 0.15) is 11.3 Å². The fraction of sp³-hybridized carbons (Fsp3) is 0. The van der Waals surface area contributed by atoms with E-state index in [1.807, 2.05) is 24.3 Å². The zero-order valence-electron chi connectivity index (χ0n) is 14.2. The van der Waals surface area contributed by atoms with Crippen molar-refractivity contribution in [2.24, 2.45) is 0 Å². The maximum atomic E-state index is 12.7. The Labute approximate surface area is 155 Å². The first-order valence-corrected chi connectivity index (χ1v) is 8.25. The molecule has 0 atom stereocenters. The van der Waals surface area contributed by atoms with Gasteiger partial charge in [-0.15, -0.1) is 0 Å². The van der Waals surface area contributed by atoms with E-state index < -0.39 is 0 Å². The minimum absolute atomic E-state index is 0.238. The highest BCUT2D eigenvalue weighted by atomic mass is 16.5. The number of anilines is 1. The molecule has 3 heterocycles. The van der Waals surface area contributed by atoms with E-state index in [9.17, 15) is 4.79 Å². The van der Waals surface area contributed by atoms with Crippen LogP contribution in [0, 0.1) is 0 Å². The molecule has 1 amide bonds. The summed E-state index contributed by atoms with van der Waals surface area (Å²) in [7, 11) is 0. The van der Waals surface area contributed by atoms with Gasteiger partial charge in [-0.3, -0.25) is 4.79 Å². The molecule has 3 aromatic heterocycles. The number of ether oxygens (including phenoxy) is 1. The first-order valence-electron chi connectivity index (χ1n) is 8.25. The van der Waals surface area contributed by atoms with Gasteiger partial charge in [0.15, 0.2) is 5.82 Å². The summed E-state index contributed by atoms with van der Waals surface area (Å²) in [6, 6.07) is 17.9. The minimum atomic E-state index is -0.331. The van der Waals surface area contributed by atoms with Crippen LogP contribution in [0.15, 0.2) is 85.5 Å². The highest BCUT2D eigenvalue weighted by Gasteiger charge is 2.15. The van der Waals surface area contributed by atoms with Crippen LogP contribution >= 0.6 is 0 Å². The third-order valence-electron chi connectivity index (χ3n) is 3.72. The second-order valence-corrected chi connectivity index (χ2v) is 5.58. The largest absolute Gasteiger partial charge is 0.438 e. The van der Waals surface area contributed by atoms with E-state index in [0.29, 0.717) is 22.8 Å². The first-order chi connectivity index (χ1) is 13.3. The number of benzene rings is 1. The lowest BCUT2D eigenvalue weighted by molar-refractivity contribution is 0.102. The molecule has 0 aliphatic carbocycles. The van der Waals surface area contributed by atoms with E-state index in [4.69, 9.17) is 4.74 Å². The number of nitrogens with one attached hydrogen (secondary N) is 1. The quantitative estimate of drug-likeness (QED) is 0.589. The molecule has 4 rings (SSSR count). The van der Waals surface area contributed by atoms with Crippen LogP contribution in [-0.2, 0) is 0 Å². The predicted molar refractivity (Wildman–Crippen MR) is 100 cm³/mol. The van der Waals surface area contributed by atoms with Crippen LogP contribution in [0.3, 0.4) is 0 Å². The predicted octanol–water partition coefficient (Wildman–Crippen LogP) is 3.71. The second kappa shape index (κ2) is 7.49. The average Bonchev–Trinajstić information content (AvgIpc) is 3.25. The van der Waals surface area contributed by atoms with E-state index in [-0.39, 0.29) is 11.8 Å². The van der Waals surface area contributed by atoms with E-state index in [0.717, 1.165) is 0 Å².